The van der Waals surface area contributed by atoms with Crippen LogP contribution in [0.25, 0.3) is 0 Å². The molecule has 0 aliphatic carbocycles. The number of amides is 2. The Labute approximate surface area is 80.9 Å². The molecular weight excluding hydrogens is 182 g/mol. The second-order valence-corrected chi connectivity index (χ2v) is 2.95. The van der Waals surface area contributed by atoms with Gasteiger partial charge < -0.3 is 17.2 Å². The third-order valence-corrected chi connectivity index (χ3v) is 1.94. The number of primary amides is 2. The van der Waals surface area contributed by atoms with Crippen molar-refractivity contribution >= 4 is 17.5 Å². The van der Waals surface area contributed by atoms with E-state index >= 15 is 0 Å². The average Bonchev–Trinajstić information content (AvgIpc) is 2.07. The van der Waals surface area contributed by atoms with Gasteiger partial charge in [0.1, 0.15) is 0 Å². The first-order chi connectivity index (χ1) is 6.45. The van der Waals surface area contributed by atoms with Gasteiger partial charge in [0, 0.05) is 5.69 Å². The number of benzene rings is 1. The maximum absolute atomic E-state index is 11.1. The normalized spacial score (nSPS) is 9.79. The largest absolute Gasteiger partial charge is 0.398 e. The van der Waals surface area contributed by atoms with Crippen molar-refractivity contribution in [2.75, 3.05) is 5.73 Å². The van der Waals surface area contributed by atoms with E-state index in [1.807, 2.05) is 0 Å². The molecule has 6 N–H and O–H groups in total. The molecular formula is C9H11N3O2. The number of hydrogen-bond donors (Lipinski definition) is 3. The van der Waals surface area contributed by atoms with Gasteiger partial charge in [0.05, 0.1) is 11.1 Å². The molecule has 0 bridgehead atoms. The number of anilines is 1. The van der Waals surface area contributed by atoms with Crippen LogP contribution in [0.2, 0.25) is 0 Å². The molecule has 0 aliphatic rings. The van der Waals surface area contributed by atoms with Crippen molar-refractivity contribution in [1.29, 1.82) is 0 Å². The highest BCUT2D eigenvalue weighted by Gasteiger charge is 2.18. The molecule has 1 rings (SSSR count). The van der Waals surface area contributed by atoms with Crippen LogP contribution >= 0.6 is 0 Å². The molecule has 0 fully saturated rings. The van der Waals surface area contributed by atoms with Crippen molar-refractivity contribution in [2.24, 2.45) is 11.5 Å². The van der Waals surface area contributed by atoms with Gasteiger partial charge in [0.25, 0.3) is 5.91 Å². The van der Waals surface area contributed by atoms with E-state index in [1.54, 1.807) is 13.0 Å². The lowest BCUT2D eigenvalue weighted by atomic mass is 9.99. The van der Waals surface area contributed by atoms with Gasteiger partial charge in [-0.3, -0.25) is 9.59 Å². The molecule has 2 amide bonds. The monoisotopic (exact) mass is 193 g/mol. The van der Waals surface area contributed by atoms with E-state index < -0.39 is 11.8 Å². The van der Waals surface area contributed by atoms with Crippen molar-refractivity contribution in [3.63, 3.8) is 0 Å². The number of hydrogen-bond acceptors (Lipinski definition) is 3. The molecule has 0 saturated carbocycles. The molecule has 0 heterocycles. The van der Waals surface area contributed by atoms with Crippen LogP contribution in [-0.2, 0) is 0 Å². The van der Waals surface area contributed by atoms with Crippen molar-refractivity contribution in [3.05, 3.63) is 28.8 Å². The molecule has 0 saturated heterocycles. The van der Waals surface area contributed by atoms with Gasteiger partial charge >= 0.3 is 0 Å². The summed E-state index contributed by atoms with van der Waals surface area (Å²) in [6, 6.07) is 3.13. The number of nitrogens with two attached hydrogens (primary N) is 3. The summed E-state index contributed by atoms with van der Waals surface area (Å²) in [5.41, 5.74) is 16.6. The van der Waals surface area contributed by atoms with E-state index in [9.17, 15) is 9.59 Å². The zero-order valence-corrected chi connectivity index (χ0v) is 7.70. The minimum absolute atomic E-state index is 0.00231. The summed E-state index contributed by atoms with van der Waals surface area (Å²) in [7, 11) is 0. The van der Waals surface area contributed by atoms with E-state index in [0.29, 0.717) is 5.56 Å². The predicted octanol–water partition coefficient (Wildman–Crippen LogP) is -0.225. The Hall–Kier alpha value is -2.04. The van der Waals surface area contributed by atoms with Gasteiger partial charge in [-0.25, -0.2) is 0 Å². The Morgan fingerprint density at radius 2 is 1.57 bits per heavy atom. The Balaban J connectivity index is 3.58. The maximum Gasteiger partial charge on any atom is 0.251 e. The van der Waals surface area contributed by atoms with Crippen LogP contribution < -0.4 is 17.2 Å². The fourth-order valence-corrected chi connectivity index (χ4v) is 1.31. The number of rotatable bonds is 2. The third-order valence-electron chi connectivity index (χ3n) is 1.94. The number of aryl methyl sites for hydroxylation is 1. The Bertz CT molecular complexity index is 374. The highest BCUT2D eigenvalue weighted by atomic mass is 16.2. The van der Waals surface area contributed by atoms with Crippen LogP contribution in [0.1, 0.15) is 26.3 Å². The van der Waals surface area contributed by atoms with Crippen molar-refractivity contribution in [1.82, 2.24) is 0 Å². The van der Waals surface area contributed by atoms with Gasteiger partial charge in [-0.15, -0.1) is 0 Å². The molecule has 1 aromatic carbocycles. The topological polar surface area (TPSA) is 112 Å². The SMILES string of the molecule is Cc1ccc(N)c(C(N)=O)c1C(N)=O. The van der Waals surface area contributed by atoms with Gasteiger partial charge in [-0.05, 0) is 18.6 Å². The summed E-state index contributed by atoms with van der Waals surface area (Å²) in [5, 5.41) is 0. The second-order valence-electron chi connectivity index (χ2n) is 2.95. The lowest BCUT2D eigenvalue weighted by Crippen LogP contribution is -2.23. The van der Waals surface area contributed by atoms with Crippen LogP contribution in [-0.4, -0.2) is 11.8 Å². The van der Waals surface area contributed by atoms with Crippen LogP contribution in [0.4, 0.5) is 5.69 Å². The Morgan fingerprint density at radius 3 is 1.93 bits per heavy atom. The maximum atomic E-state index is 11.1. The van der Waals surface area contributed by atoms with Crippen LogP contribution in [0, 0.1) is 6.92 Å². The summed E-state index contributed by atoms with van der Waals surface area (Å²) < 4.78 is 0. The van der Waals surface area contributed by atoms with Crippen molar-refractivity contribution < 1.29 is 9.59 Å². The molecule has 0 aromatic heterocycles. The molecule has 14 heavy (non-hydrogen) atoms. The molecule has 0 spiro atoms. The highest BCUT2D eigenvalue weighted by Crippen LogP contribution is 2.19. The van der Waals surface area contributed by atoms with Gasteiger partial charge in [-0.2, -0.15) is 0 Å². The minimum atomic E-state index is -0.750. The Morgan fingerprint density at radius 1 is 1.07 bits per heavy atom. The smallest absolute Gasteiger partial charge is 0.251 e. The standard InChI is InChI=1S/C9H11N3O2/c1-4-2-3-5(10)7(9(12)14)6(4)8(11)13/h2-3H,10H2,1H3,(H2,11,13)(H2,12,14). The molecule has 0 atom stereocenters. The fourth-order valence-electron chi connectivity index (χ4n) is 1.31. The Kier molecular flexibility index (Phi) is 2.42. The quantitative estimate of drug-likeness (QED) is 0.564. The van der Waals surface area contributed by atoms with Crippen LogP contribution in [0.5, 0.6) is 0 Å². The number of carbonyl (C=O) groups excluding carboxylic acids is 2. The summed E-state index contributed by atoms with van der Waals surface area (Å²) in [5.74, 6) is -1.45. The summed E-state index contributed by atoms with van der Waals surface area (Å²) in [4.78, 5) is 22.1. The van der Waals surface area contributed by atoms with Gasteiger partial charge in [0.15, 0.2) is 0 Å². The lowest BCUT2D eigenvalue weighted by molar-refractivity contribution is 0.0967. The molecule has 1 aromatic rings. The minimum Gasteiger partial charge on any atom is -0.398 e. The van der Waals surface area contributed by atoms with Gasteiger partial charge in [-0.1, -0.05) is 6.07 Å². The van der Waals surface area contributed by atoms with E-state index in [2.05, 4.69) is 0 Å². The van der Waals surface area contributed by atoms with E-state index in [-0.39, 0.29) is 16.8 Å². The predicted molar refractivity (Wildman–Crippen MR) is 52.6 cm³/mol. The van der Waals surface area contributed by atoms with E-state index in [0.717, 1.165) is 0 Å². The van der Waals surface area contributed by atoms with E-state index in [1.165, 1.54) is 6.07 Å². The molecule has 0 radical (unpaired) electrons. The zero-order valence-electron chi connectivity index (χ0n) is 7.70. The van der Waals surface area contributed by atoms with Crippen LogP contribution in [0.3, 0.4) is 0 Å². The summed E-state index contributed by atoms with van der Waals surface area (Å²) >= 11 is 0. The third kappa shape index (κ3) is 1.52. The summed E-state index contributed by atoms with van der Waals surface area (Å²) in [6.07, 6.45) is 0. The second kappa shape index (κ2) is 3.37. The first kappa shape index (κ1) is 10.0. The highest BCUT2D eigenvalue weighted by molar-refractivity contribution is 6.10. The molecule has 0 unspecified atom stereocenters. The zero-order chi connectivity index (χ0) is 10.9. The summed E-state index contributed by atoms with van der Waals surface area (Å²) in [6.45, 7) is 1.66. The van der Waals surface area contributed by atoms with Gasteiger partial charge in [0.2, 0.25) is 5.91 Å². The van der Waals surface area contributed by atoms with Crippen molar-refractivity contribution in [2.45, 2.75) is 6.92 Å². The van der Waals surface area contributed by atoms with Crippen LogP contribution in [0.15, 0.2) is 12.1 Å². The first-order valence-electron chi connectivity index (χ1n) is 3.93. The fraction of sp³-hybridized carbons (Fsp3) is 0.111. The average molecular weight is 193 g/mol. The van der Waals surface area contributed by atoms with Crippen molar-refractivity contribution in [3.8, 4) is 0 Å². The first-order valence-corrected chi connectivity index (χ1v) is 3.93. The number of carbonyl (C=O) groups is 2. The molecule has 74 valence electrons. The molecule has 0 aliphatic heterocycles. The number of nitrogen functional groups attached to an aromatic ring is 1. The lowest BCUT2D eigenvalue weighted by Gasteiger charge is -2.09. The molecule has 5 nitrogen and oxygen atoms in total. The van der Waals surface area contributed by atoms with E-state index in [4.69, 9.17) is 17.2 Å². The molecule has 5 heteroatoms.